The molecule has 7 heteroatoms. The van der Waals surface area contributed by atoms with E-state index in [1.165, 1.54) is 0 Å². The van der Waals surface area contributed by atoms with Crippen molar-refractivity contribution in [3.8, 4) is 11.1 Å². The molecule has 0 bridgehead atoms. The molecule has 0 atom stereocenters. The van der Waals surface area contributed by atoms with Crippen molar-refractivity contribution in [2.24, 2.45) is 11.7 Å². The molecule has 1 aliphatic rings. The van der Waals surface area contributed by atoms with Gasteiger partial charge in [0.1, 0.15) is 11.7 Å². The number of hydrogen-bond donors (Lipinski definition) is 3. The fourth-order valence-corrected chi connectivity index (χ4v) is 3.22. The number of aromatic nitrogens is 2. The van der Waals surface area contributed by atoms with Crippen LogP contribution in [0.2, 0.25) is 0 Å². The highest BCUT2D eigenvalue weighted by Crippen LogP contribution is 2.22. The third-order valence-corrected chi connectivity index (χ3v) is 4.77. The summed E-state index contributed by atoms with van der Waals surface area (Å²) >= 11 is 0. The minimum atomic E-state index is -0.710. The van der Waals surface area contributed by atoms with E-state index in [1.807, 2.05) is 36.7 Å². The van der Waals surface area contributed by atoms with E-state index in [1.54, 1.807) is 0 Å². The zero-order chi connectivity index (χ0) is 18.5. The number of likely N-dealkylation sites (tertiary alicyclic amines) is 1. The first kappa shape index (κ1) is 18.0. The number of hydrogen-bond acceptors (Lipinski definition) is 5. The number of amidine groups is 1. The average Bonchev–Trinajstić information content (AvgIpc) is 2.64. The molecule has 0 spiro atoms. The summed E-state index contributed by atoms with van der Waals surface area (Å²) in [6.07, 6.45) is 5.70. The number of carbonyl (C=O) groups is 1. The molecule has 26 heavy (non-hydrogen) atoms. The van der Waals surface area contributed by atoms with Gasteiger partial charge in [0.15, 0.2) is 0 Å². The Bertz CT molecular complexity index is 766. The number of benzene rings is 1. The van der Waals surface area contributed by atoms with Crippen LogP contribution in [0.4, 0.5) is 0 Å². The van der Waals surface area contributed by atoms with E-state index < -0.39 is 5.97 Å². The molecule has 3 rings (SSSR count). The largest absolute Gasteiger partial charge is 0.481 e. The summed E-state index contributed by atoms with van der Waals surface area (Å²) < 4.78 is 0. The molecule has 2 heterocycles. The number of piperidine rings is 1. The van der Waals surface area contributed by atoms with Crippen LogP contribution in [-0.2, 0) is 11.3 Å². The Morgan fingerprint density at radius 3 is 2.31 bits per heavy atom. The number of nitrogen functional groups attached to an aromatic ring is 1. The lowest BCUT2D eigenvalue weighted by Crippen LogP contribution is -2.34. The molecule has 0 radical (unpaired) electrons. The van der Waals surface area contributed by atoms with Gasteiger partial charge in [-0.2, -0.15) is 0 Å². The summed E-state index contributed by atoms with van der Waals surface area (Å²) in [6, 6.07) is 7.43. The molecule has 4 N–H and O–H groups in total. The van der Waals surface area contributed by atoms with Crippen LogP contribution in [0.15, 0.2) is 36.7 Å². The quantitative estimate of drug-likeness (QED) is 0.541. The summed E-state index contributed by atoms with van der Waals surface area (Å²) in [5.74, 6) is 0.393. The lowest BCUT2D eigenvalue weighted by Gasteiger charge is -2.30. The van der Waals surface area contributed by atoms with E-state index in [-0.39, 0.29) is 18.2 Å². The maximum absolute atomic E-state index is 10.8. The van der Waals surface area contributed by atoms with Crippen molar-refractivity contribution in [2.45, 2.75) is 25.8 Å². The fraction of sp³-hybridized carbons (Fsp3) is 0.368. The molecular formula is C19H23N5O2. The van der Waals surface area contributed by atoms with E-state index in [4.69, 9.17) is 16.2 Å². The zero-order valence-corrected chi connectivity index (χ0v) is 14.6. The molecular weight excluding hydrogens is 330 g/mol. The van der Waals surface area contributed by atoms with Gasteiger partial charge in [-0.15, -0.1) is 0 Å². The van der Waals surface area contributed by atoms with Gasteiger partial charge in [-0.05, 0) is 37.4 Å². The SMILES string of the molecule is N=C(N)c1ccc(-c2cnc(CN3CCC(CC(=O)O)CC3)nc2)cc1. The molecule has 2 aromatic rings. The first-order valence-electron chi connectivity index (χ1n) is 8.71. The molecule has 1 saturated heterocycles. The van der Waals surface area contributed by atoms with E-state index in [0.29, 0.717) is 12.1 Å². The van der Waals surface area contributed by atoms with E-state index >= 15 is 0 Å². The van der Waals surface area contributed by atoms with Crippen molar-refractivity contribution in [1.29, 1.82) is 5.41 Å². The maximum Gasteiger partial charge on any atom is 0.303 e. The van der Waals surface area contributed by atoms with E-state index in [0.717, 1.165) is 42.9 Å². The second-order valence-corrected chi connectivity index (χ2v) is 6.70. The van der Waals surface area contributed by atoms with Gasteiger partial charge in [0.05, 0.1) is 6.54 Å². The maximum atomic E-state index is 10.8. The smallest absolute Gasteiger partial charge is 0.303 e. The average molecular weight is 353 g/mol. The Morgan fingerprint density at radius 1 is 1.15 bits per heavy atom. The third kappa shape index (κ3) is 4.64. The van der Waals surface area contributed by atoms with Crippen LogP contribution < -0.4 is 5.73 Å². The normalized spacial score (nSPS) is 15.7. The van der Waals surface area contributed by atoms with Crippen molar-refractivity contribution >= 4 is 11.8 Å². The minimum Gasteiger partial charge on any atom is -0.481 e. The van der Waals surface area contributed by atoms with Crippen molar-refractivity contribution in [3.05, 3.63) is 48.0 Å². The van der Waals surface area contributed by atoms with Gasteiger partial charge in [0.2, 0.25) is 0 Å². The predicted octanol–water partition coefficient (Wildman–Crippen LogP) is 2.11. The van der Waals surface area contributed by atoms with Crippen molar-refractivity contribution < 1.29 is 9.90 Å². The number of nitrogens with one attached hydrogen (secondary N) is 1. The van der Waals surface area contributed by atoms with Crippen molar-refractivity contribution in [1.82, 2.24) is 14.9 Å². The summed E-state index contributed by atoms with van der Waals surface area (Å²) in [6.45, 7) is 2.45. The molecule has 0 aliphatic carbocycles. The van der Waals surface area contributed by atoms with Gasteiger partial charge < -0.3 is 10.8 Å². The summed E-state index contributed by atoms with van der Waals surface area (Å²) in [5.41, 5.74) is 8.06. The van der Waals surface area contributed by atoms with Crippen LogP contribution >= 0.6 is 0 Å². The van der Waals surface area contributed by atoms with Crippen molar-refractivity contribution in [3.63, 3.8) is 0 Å². The van der Waals surface area contributed by atoms with Gasteiger partial charge in [-0.1, -0.05) is 24.3 Å². The summed E-state index contributed by atoms with van der Waals surface area (Å²) in [4.78, 5) is 22.0. The lowest BCUT2D eigenvalue weighted by atomic mass is 9.94. The second-order valence-electron chi connectivity index (χ2n) is 6.70. The summed E-state index contributed by atoms with van der Waals surface area (Å²) in [7, 11) is 0. The first-order chi connectivity index (χ1) is 12.5. The molecule has 0 amide bonds. The molecule has 1 aromatic carbocycles. The molecule has 1 fully saturated rings. The van der Waals surface area contributed by atoms with Crippen LogP contribution in [0.5, 0.6) is 0 Å². The first-order valence-corrected chi connectivity index (χ1v) is 8.71. The number of nitrogens with two attached hydrogens (primary N) is 1. The summed E-state index contributed by atoms with van der Waals surface area (Å²) in [5, 5.41) is 16.3. The molecule has 136 valence electrons. The minimum absolute atomic E-state index is 0.0512. The number of rotatable bonds is 6. The number of carboxylic acid groups (broad SMARTS) is 1. The molecule has 7 nitrogen and oxygen atoms in total. The highest BCUT2D eigenvalue weighted by Gasteiger charge is 2.21. The highest BCUT2D eigenvalue weighted by atomic mass is 16.4. The van der Waals surface area contributed by atoms with Crippen LogP contribution in [0.1, 0.15) is 30.7 Å². The van der Waals surface area contributed by atoms with Crippen LogP contribution in [0, 0.1) is 11.3 Å². The zero-order valence-electron chi connectivity index (χ0n) is 14.6. The highest BCUT2D eigenvalue weighted by molar-refractivity contribution is 5.95. The third-order valence-electron chi connectivity index (χ3n) is 4.77. The Morgan fingerprint density at radius 2 is 1.77 bits per heavy atom. The number of carboxylic acids is 1. The fourth-order valence-electron chi connectivity index (χ4n) is 3.22. The van der Waals surface area contributed by atoms with Gasteiger partial charge >= 0.3 is 5.97 Å². The molecule has 1 aliphatic heterocycles. The van der Waals surface area contributed by atoms with Gasteiger partial charge in [0, 0.05) is 29.9 Å². The van der Waals surface area contributed by atoms with Gasteiger partial charge in [-0.3, -0.25) is 15.1 Å². The monoisotopic (exact) mass is 353 g/mol. The lowest BCUT2D eigenvalue weighted by molar-refractivity contribution is -0.138. The molecule has 0 unspecified atom stereocenters. The van der Waals surface area contributed by atoms with Crippen molar-refractivity contribution in [2.75, 3.05) is 13.1 Å². The Balaban J connectivity index is 1.56. The van der Waals surface area contributed by atoms with E-state index in [9.17, 15) is 4.79 Å². The van der Waals surface area contributed by atoms with Gasteiger partial charge in [0.25, 0.3) is 0 Å². The number of aliphatic carboxylic acids is 1. The molecule has 1 aromatic heterocycles. The predicted molar refractivity (Wildman–Crippen MR) is 98.7 cm³/mol. The van der Waals surface area contributed by atoms with Crippen LogP contribution in [0.3, 0.4) is 0 Å². The van der Waals surface area contributed by atoms with Crippen LogP contribution in [-0.4, -0.2) is 44.9 Å². The second kappa shape index (κ2) is 8.05. The van der Waals surface area contributed by atoms with E-state index in [2.05, 4.69) is 14.9 Å². The number of nitrogens with zero attached hydrogens (tertiary/aromatic N) is 3. The standard InChI is InChI=1S/C19H23N5O2/c20-19(21)15-3-1-14(2-4-15)16-10-22-17(23-11-16)12-24-7-5-13(6-8-24)9-18(25)26/h1-4,10-11,13H,5-9,12H2,(H3,20,21)(H,25,26). The Kier molecular flexibility index (Phi) is 5.58. The Labute approximate surface area is 152 Å². The van der Waals surface area contributed by atoms with Crippen LogP contribution in [0.25, 0.3) is 11.1 Å². The Hall–Kier alpha value is -2.80. The van der Waals surface area contributed by atoms with Gasteiger partial charge in [-0.25, -0.2) is 9.97 Å². The molecule has 0 saturated carbocycles. The topological polar surface area (TPSA) is 116 Å².